The molecule has 1 atom stereocenters. The lowest BCUT2D eigenvalue weighted by Crippen LogP contribution is -2.53. The smallest absolute Gasteiger partial charge is 0.422 e. The molecule has 5 rings (SSSR count). The van der Waals surface area contributed by atoms with Crippen LogP contribution in [0.1, 0.15) is 44.1 Å². The second-order valence-corrected chi connectivity index (χ2v) is 9.30. The van der Waals surface area contributed by atoms with Crippen molar-refractivity contribution >= 4 is 17.7 Å². The minimum Gasteiger partial charge on any atom is -0.493 e. The molecule has 4 N–H and O–H groups in total. The molecular weight excluding hydrogens is 521 g/mol. The van der Waals surface area contributed by atoms with Gasteiger partial charge in [0, 0.05) is 30.7 Å². The van der Waals surface area contributed by atoms with Crippen molar-refractivity contribution < 1.29 is 37.0 Å². The maximum Gasteiger partial charge on any atom is 0.422 e. The van der Waals surface area contributed by atoms with E-state index < -0.39 is 42.6 Å². The van der Waals surface area contributed by atoms with E-state index in [-0.39, 0.29) is 41.6 Å². The van der Waals surface area contributed by atoms with Crippen molar-refractivity contribution in [3.8, 4) is 17.3 Å². The third kappa shape index (κ3) is 5.09. The number of carbonyl (C=O) groups is 3. The molecule has 1 aromatic carbocycles. The summed E-state index contributed by atoms with van der Waals surface area (Å²) in [5.41, 5.74) is 5.78. The molecule has 39 heavy (non-hydrogen) atoms. The Hall–Kier alpha value is -4.62. The fraction of sp³-hybridized carbons (Fsp3) is 0.320. The van der Waals surface area contributed by atoms with Gasteiger partial charge < -0.3 is 25.8 Å². The van der Waals surface area contributed by atoms with Crippen molar-refractivity contribution in [2.45, 2.75) is 31.5 Å². The first-order valence-electron chi connectivity index (χ1n) is 11.9. The summed E-state index contributed by atoms with van der Waals surface area (Å²) in [6.45, 7) is 0.0967. The SMILES string of the molecule is Cc1ccc(-n2nc3c(c2C(=O)NCC(N)=O)C(=O)N[C@@]2(CCOc4cc(OCC(F)(F)F)ccc42)C3)nc1. The number of nitrogens with zero attached hydrogens (tertiary/aromatic N) is 3. The van der Waals surface area contributed by atoms with Gasteiger partial charge in [-0.3, -0.25) is 14.4 Å². The molecule has 2 aromatic heterocycles. The molecule has 204 valence electrons. The van der Waals surface area contributed by atoms with Crippen LogP contribution in [0.25, 0.3) is 5.82 Å². The minimum atomic E-state index is -4.50. The van der Waals surface area contributed by atoms with Crippen LogP contribution < -0.4 is 25.8 Å². The maximum absolute atomic E-state index is 13.6. The average Bonchev–Trinajstić information content (AvgIpc) is 3.26. The van der Waals surface area contributed by atoms with Gasteiger partial charge in [-0.25, -0.2) is 9.67 Å². The van der Waals surface area contributed by atoms with E-state index in [4.69, 9.17) is 15.2 Å². The number of nitrogens with one attached hydrogen (secondary N) is 2. The Morgan fingerprint density at radius 2 is 2.08 bits per heavy atom. The first-order valence-corrected chi connectivity index (χ1v) is 11.9. The number of halogens is 3. The molecule has 14 heteroatoms. The second-order valence-electron chi connectivity index (χ2n) is 9.30. The highest BCUT2D eigenvalue weighted by Gasteiger charge is 2.47. The Kier molecular flexibility index (Phi) is 6.40. The number of hydrogen-bond donors (Lipinski definition) is 3. The lowest BCUT2D eigenvalue weighted by molar-refractivity contribution is -0.153. The van der Waals surface area contributed by atoms with Gasteiger partial charge in [0.05, 0.1) is 29.9 Å². The molecule has 3 amide bonds. The molecule has 11 nitrogen and oxygen atoms in total. The Morgan fingerprint density at radius 1 is 1.28 bits per heavy atom. The van der Waals surface area contributed by atoms with Gasteiger partial charge in [0.1, 0.15) is 17.2 Å². The van der Waals surface area contributed by atoms with Crippen LogP contribution in [-0.2, 0) is 16.8 Å². The summed E-state index contributed by atoms with van der Waals surface area (Å²) < 4.78 is 49.6. The molecule has 2 aliphatic rings. The quantitative estimate of drug-likeness (QED) is 0.427. The number of alkyl halides is 3. The Balaban J connectivity index is 1.55. The van der Waals surface area contributed by atoms with E-state index in [0.717, 1.165) is 5.56 Å². The van der Waals surface area contributed by atoms with Crippen LogP contribution in [0.2, 0.25) is 0 Å². The van der Waals surface area contributed by atoms with Crippen LogP contribution in [0.4, 0.5) is 13.2 Å². The number of hydrogen-bond acceptors (Lipinski definition) is 7. The lowest BCUT2D eigenvalue weighted by atomic mass is 9.77. The third-order valence-electron chi connectivity index (χ3n) is 6.42. The molecule has 0 bridgehead atoms. The Bertz CT molecular complexity index is 1470. The van der Waals surface area contributed by atoms with E-state index >= 15 is 0 Å². The summed E-state index contributed by atoms with van der Waals surface area (Å²) in [6.07, 6.45) is -2.43. The molecule has 3 aromatic rings. The number of benzene rings is 1. The molecule has 0 saturated heterocycles. The van der Waals surface area contributed by atoms with E-state index in [2.05, 4.69) is 20.7 Å². The van der Waals surface area contributed by atoms with Crippen molar-refractivity contribution in [2.75, 3.05) is 19.8 Å². The molecule has 4 heterocycles. The fourth-order valence-corrected chi connectivity index (χ4v) is 4.70. The van der Waals surface area contributed by atoms with Crippen molar-refractivity contribution in [2.24, 2.45) is 5.73 Å². The van der Waals surface area contributed by atoms with Gasteiger partial charge in [-0.2, -0.15) is 18.3 Å². The van der Waals surface area contributed by atoms with Gasteiger partial charge in [0.25, 0.3) is 11.8 Å². The Morgan fingerprint density at radius 3 is 2.77 bits per heavy atom. The molecule has 0 saturated carbocycles. The monoisotopic (exact) mass is 544 g/mol. The fourth-order valence-electron chi connectivity index (χ4n) is 4.70. The Labute approximate surface area is 219 Å². The molecule has 0 fully saturated rings. The van der Waals surface area contributed by atoms with Crippen LogP contribution >= 0.6 is 0 Å². The number of carbonyl (C=O) groups excluding carboxylic acids is 3. The zero-order valence-corrected chi connectivity index (χ0v) is 20.6. The number of nitrogens with two attached hydrogens (primary N) is 1. The average molecular weight is 544 g/mol. The molecule has 2 aliphatic heterocycles. The maximum atomic E-state index is 13.6. The molecule has 0 unspecified atom stereocenters. The van der Waals surface area contributed by atoms with Crippen LogP contribution in [0, 0.1) is 6.92 Å². The van der Waals surface area contributed by atoms with Crippen molar-refractivity contribution in [1.82, 2.24) is 25.4 Å². The van der Waals surface area contributed by atoms with Crippen LogP contribution in [0.5, 0.6) is 11.5 Å². The summed E-state index contributed by atoms with van der Waals surface area (Å²) >= 11 is 0. The van der Waals surface area contributed by atoms with Crippen LogP contribution in [-0.4, -0.2) is 58.4 Å². The minimum absolute atomic E-state index is 0.0168. The van der Waals surface area contributed by atoms with E-state index in [0.29, 0.717) is 17.7 Å². The summed E-state index contributed by atoms with van der Waals surface area (Å²) in [7, 11) is 0. The lowest BCUT2D eigenvalue weighted by Gasteiger charge is -2.41. The first kappa shape index (κ1) is 26.0. The number of amides is 3. The largest absolute Gasteiger partial charge is 0.493 e. The number of ether oxygens (including phenoxy) is 2. The van der Waals surface area contributed by atoms with E-state index in [9.17, 15) is 27.6 Å². The molecule has 0 radical (unpaired) electrons. The number of primary amides is 1. The van der Waals surface area contributed by atoms with Gasteiger partial charge in [-0.1, -0.05) is 6.07 Å². The number of aromatic nitrogens is 3. The van der Waals surface area contributed by atoms with E-state index in [1.807, 2.05) is 6.92 Å². The predicted molar refractivity (Wildman–Crippen MR) is 129 cm³/mol. The summed E-state index contributed by atoms with van der Waals surface area (Å²) in [4.78, 5) is 42.3. The summed E-state index contributed by atoms with van der Waals surface area (Å²) in [6, 6.07) is 7.67. The zero-order chi connectivity index (χ0) is 27.9. The van der Waals surface area contributed by atoms with Crippen LogP contribution in [0.15, 0.2) is 36.5 Å². The molecule has 0 aliphatic carbocycles. The van der Waals surface area contributed by atoms with Gasteiger partial charge in [-0.15, -0.1) is 0 Å². The number of fused-ring (bicyclic) bond motifs is 3. The summed E-state index contributed by atoms with van der Waals surface area (Å²) in [5.74, 6) is -1.59. The highest BCUT2D eigenvalue weighted by Crippen LogP contribution is 2.44. The van der Waals surface area contributed by atoms with Gasteiger partial charge in [0.2, 0.25) is 5.91 Å². The van der Waals surface area contributed by atoms with E-state index in [1.54, 1.807) is 24.4 Å². The van der Waals surface area contributed by atoms with Gasteiger partial charge >= 0.3 is 6.18 Å². The highest BCUT2D eigenvalue weighted by molar-refractivity contribution is 6.08. The molecular formula is C25H23F3N6O5. The van der Waals surface area contributed by atoms with Crippen molar-refractivity contribution in [3.05, 3.63) is 64.6 Å². The zero-order valence-electron chi connectivity index (χ0n) is 20.6. The van der Waals surface area contributed by atoms with Gasteiger partial charge in [0.15, 0.2) is 12.4 Å². The van der Waals surface area contributed by atoms with Gasteiger partial charge in [-0.05, 0) is 30.7 Å². The number of aryl methyl sites for hydroxylation is 1. The first-order chi connectivity index (χ1) is 18.5. The highest BCUT2D eigenvalue weighted by atomic mass is 19.4. The predicted octanol–water partition coefficient (Wildman–Crippen LogP) is 1.70. The topological polar surface area (TPSA) is 150 Å². The van der Waals surface area contributed by atoms with Crippen LogP contribution in [0.3, 0.4) is 0 Å². The molecule has 1 spiro atoms. The number of pyridine rings is 1. The summed E-state index contributed by atoms with van der Waals surface area (Å²) in [5, 5.41) is 9.94. The van der Waals surface area contributed by atoms with Crippen molar-refractivity contribution in [3.63, 3.8) is 0 Å². The number of rotatable bonds is 6. The van der Waals surface area contributed by atoms with E-state index in [1.165, 1.54) is 16.8 Å². The standard InChI is InChI=1S/C25H23F3N6O5/c1-13-2-5-19(30-10-13)34-21(23(37)31-11-18(29)35)20-16(33-34)9-24(32-22(20)36)6-7-38-17-8-14(3-4-15(17)24)39-12-25(26,27)28/h2-5,8,10H,6-7,9,11-12H2,1H3,(H2,29,35)(H,31,37)(H,32,36)/t24-/m0/s1. The van der Waals surface area contributed by atoms with Crippen molar-refractivity contribution in [1.29, 1.82) is 0 Å². The third-order valence-corrected chi connectivity index (χ3v) is 6.42. The second kappa shape index (κ2) is 9.60. The normalized spacial score (nSPS) is 18.0.